The highest BCUT2D eigenvalue weighted by molar-refractivity contribution is 7.98. The lowest BCUT2D eigenvalue weighted by atomic mass is 10.1. The number of hydrogen-bond donors (Lipinski definition) is 1. The maximum atomic E-state index is 12.7. The van der Waals surface area contributed by atoms with Crippen molar-refractivity contribution < 1.29 is 9.53 Å². The number of methoxy groups -OCH3 is 1. The highest BCUT2D eigenvalue weighted by Gasteiger charge is 2.11. The summed E-state index contributed by atoms with van der Waals surface area (Å²) < 4.78 is 5.36. The number of thioether (sulfide) groups is 1. The molecule has 1 amide bonds. The van der Waals surface area contributed by atoms with Crippen LogP contribution in [0, 0.1) is 0 Å². The summed E-state index contributed by atoms with van der Waals surface area (Å²) in [6.07, 6.45) is 5.34. The molecule has 2 aromatic heterocycles. The van der Waals surface area contributed by atoms with E-state index in [0.717, 1.165) is 21.6 Å². The average molecular weight is 401 g/mol. The summed E-state index contributed by atoms with van der Waals surface area (Å²) in [6, 6.07) is 19.0. The van der Waals surface area contributed by atoms with Crippen LogP contribution in [0.3, 0.4) is 0 Å². The Kier molecular flexibility index (Phi) is 5.72. The zero-order chi connectivity index (χ0) is 20.1. The fraction of sp³-hybridized carbons (Fsp3) is 0.0870. The molecule has 0 bridgehead atoms. The van der Waals surface area contributed by atoms with Crippen molar-refractivity contribution in [1.29, 1.82) is 0 Å². The highest BCUT2D eigenvalue weighted by atomic mass is 32.2. The van der Waals surface area contributed by atoms with Gasteiger partial charge >= 0.3 is 0 Å². The first-order valence-electron chi connectivity index (χ1n) is 9.09. The molecule has 2 heterocycles. The summed E-state index contributed by atoms with van der Waals surface area (Å²) in [5.74, 6) is 1.35. The molecule has 144 valence electrons. The topological polar surface area (TPSA) is 64.1 Å². The number of pyridine rings is 2. The van der Waals surface area contributed by atoms with E-state index in [1.165, 1.54) is 5.56 Å². The van der Waals surface area contributed by atoms with Gasteiger partial charge in [0.15, 0.2) is 0 Å². The van der Waals surface area contributed by atoms with E-state index in [1.807, 2.05) is 60.8 Å². The van der Waals surface area contributed by atoms with E-state index in [0.29, 0.717) is 17.0 Å². The molecule has 0 radical (unpaired) electrons. The standard InChI is InChI=1S/C23H19N3O2S/c1-28-21-11-10-20(19-5-3-13-25-22(19)21)26-23(27)17-6-8-18(9-7-17)29-15-16-4-2-12-24-14-16/h2-14H,15H2,1H3,(H,26,27). The van der Waals surface area contributed by atoms with Crippen LogP contribution < -0.4 is 10.1 Å². The van der Waals surface area contributed by atoms with Crippen molar-refractivity contribution in [3.8, 4) is 5.75 Å². The first-order valence-corrected chi connectivity index (χ1v) is 10.1. The second kappa shape index (κ2) is 8.75. The van der Waals surface area contributed by atoms with Gasteiger partial charge in [-0.25, -0.2) is 0 Å². The van der Waals surface area contributed by atoms with Crippen LogP contribution in [0.4, 0.5) is 5.69 Å². The lowest BCUT2D eigenvalue weighted by Gasteiger charge is -2.11. The number of carbonyl (C=O) groups is 1. The predicted octanol–water partition coefficient (Wildman–Crippen LogP) is 5.18. The summed E-state index contributed by atoms with van der Waals surface area (Å²) in [6.45, 7) is 0. The van der Waals surface area contributed by atoms with Crippen LogP contribution in [0.25, 0.3) is 10.9 Å². The second-order valence-corrected chi connectivity index (χ2v) is 7.39. The Balaban J connectivity index is 1.47. The molecule has 0 unspecified atom stereocenters. The van der Waals surface area contributed by atoms with E-state index < -0.39 is 0 Å². The molecule has 0 aliphatic heterocycles. The number of ether oxygens (including phenoxy) is 1. The predicted molar refractivity (Wildman–Crippen MR) is 116 cm³/mol. The minimum atomic E-state index is -0.163. The fourth-order valence-electron chi connectivity index (χ4n) is 2.97. The number of carbonyl (C=O) groups excluding carboxylic acids is 1. The normalized spacial score (nSPS) is 10.7. The largest absolute Gasteiger partial charge is 0.494 e. The number of anilines is 1. The molecule has 0 spiro atoms. The molecule has 29 heavy (non-hydrogen) atoms. The Labute approximate surface area is 173 Å². The van der Waals surface area contributed by atoms with Gasteiger partial charge in [-0.1, -0.05) is 6.07 Å². The van der Waals surface area contributed by atoms with Crippen molar-refractivity contribution in [2.75, 3.05) is 12.4 Å². The molecule has 0 saturated heterocycles. The van der Waals surface area contributed by atoms with Crippen LogP contribution in [0.1, 0.15) is 15.9 Å². The summed E-state index contributed by atoms with van der Waals surface area (Å²) in [7, 11) is 1.61. The SMILES string of the molecule is COc1ccc(NC(=O)c2ccc(SCc3cccnc3)cc2)c2cccnc12. The number of hydrogen-bond acceptors (Lipinski definition) is 5. The van der Waals surface area contributed by atoms with E-state index in [1.54, 1.807) is 31.3 Å². The Bertz CT molecular complexity index is 1130. The third kappa shape index (κ3) is 4.38. The third-order valence-corrected chi connectivity index (χ3v) is 5.53. The van der Waals surface area contributed by atoms with E-state index in [2.05, 4.69) is 21.4 Å². The van der Waals surface area contributed by atoms with Crippen molar-refractivity contribution in [2.45, 2.75) is 10.6 Å². The van der Waals surface area contributed by atoms with Gasteiger partial charge in [0.25, 0.3) is 5.91 Å². The smallest absolute Gasteiger partial charge is 0.255 e. The van der Waals surface area contributed by atoms with Gasteiger partial charge in [-0.05, 0) is 60.2 Å². The van der Waals surface area contributed by atoms with Crippen molar-refractivity contribution >= 4 is 34.3 Å². The highest BCUT2D eigenvalue weighted by Crippen LogP contribution is 2.30. The Morgan fingerprint density at radius 1 is 1.03 bits per heavy atom. The molecule has 0 atom stereocenters. The Morgan fingerprint density at radius 3 is 2.62 bits per heavy atom. The van der Waals surface area contributed by atoms with E-state index >= 15 is 0 Å². The van der Waals surface area contributed by atoms with Gasteiger partial charge in [-0.3, -0.25) is 14.8 Å². The number of aromatic nitrogens is 2. The van der Waals surface area contributed by atoms with E-state index in [4.69, 9.17) is 4.74 Å². The van der Waals surface area contributed by atoms with Gasteiger partial charge in [0.1, 0.15) is 11.3 Å². The molecular weight excluding hydrogens is 382 g/mol. The monoisotopic (exact) mass is 401 g/mol. The van der Waals surface area contributed by atoms with Crippen molar-refractivity contribution in [1.82, 2.24) is 9.97 Å². The summed E-state index contributed by atoms with van der Waals surface area (Å²) in [5, 5.41) is 3.82. The van der Waals surface area contributed by atoms with Gasteiger partial charge in [-0.2, -0.15) is 0 Å². The molecule has 0 aliphatic carbocycles. The van der Waals surface area contributed by atoms with Gasteiger partial charge in [-0.15, -0.1) is 11.8 Å². The maximum Gasteiger partial charge on any atom is 0.255 e. The number of amides is 1. The van der Waals surface area contributed by atoms with E-state index in [-0.39, 0.29) is 5.91 Å². The number of nitrogens with zero attached hydrogens (tertiary/aromatic N) is 2. The molecular formula is C23H19N3O2S. The van der Waals surface area contributed by atoms with Crippen molar-refractivity contribution in [2.24, 2.45) is 0 Å². The van der Waals surface area contributed by atoms with Crippen LogP contribution in [0.2, 0.25) is 0 Å². The number of benzene rings is 2. The first kappa shape index (κ1) is 19.0. The Hall–Kier alpha value is -3.38. The van der Waals surface area contributed by atoms with Gasteiger partial charge < -0.3 is 10.1 Å². The van der Waals surface area contributed by atoms with Gasteiger partial charge in [0.05, 0.1) is 12.8 Å². The zero-order valence-corrected chi connectivity index (χ0v) is 16.6. The molecule has 0 saturated carbocycles. The molecule has 2 aromatic carbocycles. The van der Waals surface area contributed by atoms with Crippen LogP contribution >= 0.6 is 11.8 Å². The lowest BCUT2D eigenvalue weighted by molar-refractivity contribution is 0.102. The van der Waals surface area contributed by atoms with Crippen LogP contribution in [0.15, 0.2) is 84.1 Å². The summed E-state index contributed by atoms with van der Waals surface area (Å²) in [5.41, 5.74) is 3.19. The number of rotatable bonds is 6. The molecule has 0 fully saturated rings. The Morgan fingerprint density at radius 2 is 1.86 bits per heavy atom. The quantitative estimate of drug-likeness (QED) is 0.451. The molecule has 6 heteroatoms. The lowest BCUT2D eigenvalue weighted by Crippen LogP contribution is -2.12. The third-order valence-electron chi connectivity index (χ3n) is 4.45. The van der Waals surface area contributed by atoms with Gasteiger partial charge in [0.2, 0.25) is 0 Å². The average Bonchev–Trinajstić information content (AvgIpc) is 2.79. The molecule has 1 N–H and O–H groups in total. The first-order chi connectivity index (χ1) is 14.2. The van der Waals surface area contributed by atoms with Crippen LogP contribution in [-0.4, -0.2) is 23.0 Å². The second-order valence-electron chi connectivity index (χ2n) is 6.34. The van der Waals surface area contributed by atoms with E-state index in [9.17, 15) is 4.79 Å². The summed E-state index contributed by atoms with van der Waals surface area (Å²) in [4.78, 5) is 22.3. The zero-order valence-electron chi connectivity index (χ0n) is 15.8. The van der Waals surface area contributed by atoms with Crippen LogP contribution in [0.5, 0.6) is 5.75 Å². The fourth-order valence-corrected chi connectivity index (χ4v) is 3.80. The van der Waals surface area contributed by atoms with Gasteiger partial charge in [0, 0.05) is 40.2 Å². The minimum absolute atomic E-state index is 0.163. The number of nitrogens with one attached hydrogen (secondary N) is 1. The van der Waals surface area contributed by atoms with Crippen molar-refractivity contribution in [3.05, 3.63) is 90.4 Å². The molecule has 0 aliphatic rings. The molecule has 4 aromatic rings. The number of fused-ring (bicyclic) bond motifs is 1. The molecule has 5 nitrogen and oxygen atoms in total. The maximum absolute atomic E-state index is 12.7. The van der Waals surface area contributed by atoms with Crippen LogP contribution in [-0.2, 0) is 5.75 Å². The van der Waals surface area contributed by atoms with Crippen molar-refractivity contribution in [3.63, 3.8) is 0 Å². The minimum Gasteiger partial charge on any atom is -0.494 e. The summed E-state index contributed by atoms with van der Waals surface area (Å²) >= 11 is 1.71. The molecule has 4 rings (SSSR count).